The predicted octanol–water partition coefficient (Wildman–Crippen LogP) is 3.04. The maximum absolute atomic E-state index is 13.6. The summed E-state index contributed by atoms with van der Waals surface area (Å²) in [5.41, 5.74) is 0.134. The first kappa shape index (κ1) is 14.3. The van der Waals surface area contributed by atoms with Crippen molar-refractivity contribution in [1.29, 1.82) is 0 Å². The number of halogens is 2. The molecule has 1 heterocycles. The molecule has 1 aromatic carbocycles. The van der Waals surface area contributed by atoms with Crippen molar-refractivity contribution < 1.29 is 17.2 Å². The Kier molecular flexibility index (Phi) is 4.14. The van der Waals surface area contributed by atoms with Gasteiger partial charge in [0.25, 0.3) is 0 Å². The second-order valence-corrected chi connectivity index (χ2v) is 7.05. The fourth-order valence-corrected chi connectivity index (χ4v) is 2.61. The van der Waals surface area contributed by atoms with Gasteiger partial charge in [-0.15, -0.1) is 0 Å². The van der Waals surface area contributed by atoms with E-state index < -0.39 is 15.7 Å². The van der Waals surface area contributed by atoms with Crippen LogP contribution in [0.1, 0.15) is 5.76 Å². The first-order valence-electron chi connectivity index (χ1n) is 5.34. The van der Waals surface area contributed by atoms with E-state index in [0.717, 1.165) is 16.1 Å². The zero-order valence-electron chi connectivity index (χ0n) is 9.98. The van der Waals surface area contributed by atoms with Crippen LogP contribution in [0, 0.1) is 9.58 Å². The lowest BCUT2D eigenvalue weighted by Crippen LogP contribution is -2.03. The van der Waals surface area contributed by atoms with Gasteiger partial charge in [-0.2, -0.15) is 0 Å². The molecule has 0 saturated heterocycles. The van der Waals surface area contributed by atoms with E-state index in [1.165, 1.54) is 12.1 Å². The lowest BCUT2D eigenvalue weighted by Gasteiger charge is -2.07. The fraction of sp³-hybridized carbons (Fsp3) is 0.167. The Hall–Kier alpha value is -1.09. The number of furan rings is 1. The number of sulfone groups is 1. The van der Waals surface area contributed by atoms with E-state index in [2.05, 4.69) is 5.32 Å². The van der Waals surface area contributed by atoms with Gasteiger partial charge >= 0.3 is 0 Å². The summed E-state index contributed by atoms with van der Waals surface area (Å²) >= 11 is 2.03. The van der Waals surface area contributed by atoms with Gasteiger partial charge in [-0.25, -0.2) is 12.8 Å². The standard InChI is InChI=1S/C12H11FINO3S/c1-19(16,17)9-3-4-10(13)11(6-9)15-7-8-2-5-12(14)18-8/h2-6,15H,7H2,1H3. The summed E-state index contributed by atoms with van der Waals surface area (Å²) in [6.07, 6.45) is 1.08. The Morgan fingerprint density at radius 2 is 2.05 bits per heavy atom. The SMILES string of the molecule is CS(=O)(=O)c1ccc(F)c(NCc2ccc(I)o2)c1. The molecule has 1 aromatic heterocycles. The van der Waals surface area contributed by atoms with Crippen LogP contribution in [0.15, 0.2) is 39.6 Å². The summed E-state index contributed by atoms with van der Waals surface area (Å²) in [6, 6.07) is 7.21. The Morgan fingerprint density at radius 3 is 2.63 bits per heavy atom. The van der Waals surface area contributed by atoms with Crippen LogP contribution in [0.3, 0.4) is 0 Å². The van der Waals surface area contributed by atoms with Gasteiger partial charge in [0.15, 0.2) is 13.6 Å². The minimum atomic E-state index is -3.35. The number of anilines is 1. The Balaban J connectivity index is 2.20. The van der Waals surface area contributed by atoms with E-state index >= 15 is 0 Å². The van der Waals surface area contributed by atoms with Crippen LogP contribution in [0.4, 0.5) is 10.1 Å². The van der Waals surface area contributed by atoms with Crippen molar-refractivity contribution in [2.75, 3.05) is 11.6 Å². The van der Waals surface area contributed by atoms with Crippen LogP contribution in [0.5, 0.6) is 0 Å². The number of hydrogen-bond donors (Lipinski definition) is 1. The van der Waals surface area contributed by atoms with Crippen LogP contribution in [0.2, 0.25) is 0 Å². The summed E-state index contributed by atoms with van der Waals surface area (Å²) in [5.74, 6) is 0.141. The molecule has 2 rings (SSSR count). The van der Waals surface area contributed by atoms with E-state index in [-0.39, 0.29) is 17.1 Å². The van der Waals surface area contributed by atoms with E-state index in [9.17, 15) is 12.8 Å². The molecule has 0 fully saturated rings. The molecular formula is C12H11FINO3S. The third kappa shape index (κ3) is 3.69. The van der Waals surface area contributed by atoms with Gasteiger partial charge in [0.05, 0.1) is 17.1 Å². The maximum Gasteiger partial charge on any atom is 0.175 e. The Morgan fingerprint density at radius 1 is 1.32 bits per heavy atom. The lowest BCUT2D eigenvalue weighted by molar-refractivity contribution is 0.492. The summed E-state index contributed by atoms with van der Waals surface area (Å²) < 4.78 is 42.4. The molecule has 0 aliphatic rings. The van der Waals surface area contributed by atoms with Gasteiger partial charge in [-0.1, -0.05) is 0 Å². The summed E-state index contributed by atoms with van der Waals surface area (Å²) in [6.45, 7) is 0.285. The maximum atomic E-state index is 13.6. The third-order valence-electron chi connectivity index (χ3n) is 2.45. The molecule has 0 aliphatic carbocycles. The number of rotatable bonds is 4. The molecule has 4 nitrogen and oxygen atoms in total. The van der Waals surface area contributed by atoms with Crippen molar-refractivity contribution in [1.82, 2.24) is 0 Å². The molecule has 0 aliphatic heterocycles. The molecule has 19 heavy (non-hydrogen) atoms. The van der Waals surface area contributed by atoms with E-state index in [1.807, 2.05) is 22.6 Å². The molecule has 0 atom stereocenters. The van der Waals surface area contributed by atoms with Crippen molar-refractivity contribution in [2.24, 2.45) is 0 Å². The van der Waals surface area contributed by atoms with Gasteiger partial charge in [-0.05, 0) is 52.9 Å². The highest BCUT2D eigenvalue weighted by Crippen LogP contribution is 2.20. The number of benzene rings is 1. The highest BCUT2D eigenvalue weighted by atomic mass is 127. The molecule has 0 saturated carbocycles. The van der Waals surface area contributed by atoms with E-state index in [1.54, 1.807) is 12.1 Å². The summed E-state index contributed by atoms with van der Waals surface area (Å²) in [7, 11) is -3.35. The Labute approximate surface area is 124 Å². The van der Waals surface area contributed by atoms with E-state index in [0.29, 0.717) is 5.76 Å². The molecular weight excluding hydrogens is 384 g/mol. The molecule has 0 bridgehead atoms. The molecule has 0 spiro atoms. The second-order valence-electron chi connectivity index (χ2n) is 3.97. The van der Waals surface area contributed by atoms with Gasteiger partial charge in [0, 0.05) is 6.26 Å². The normalized spacial score (nSPS) is 11.5. The second kappa shape index (κ2) is 5.49. The van der Waals surface area contributed by atoms with Crippen molar-refractivity contribution in [3.63, 3.8) is 0 Å². The highest BCUT2D eigenvalue weighted by molar-refractivity contribution is 14.1. The zero-order chi connectivity index (χ0) is 14.0. The smallest absolute Gasteiger partial charge is 0.175 e. The molecule has 7 heteroatoms. The first-order chi connectivity index (χ1) is 8.86. The average Bonchev–Trinajstić information content (AvgIpc) is 2.72. The lowest BCUT2D eigenvalue weighted by atomic mass is 10.3. The molecule has 102 valence electrons. The van der Waals surface area contributed by atoms with Crippen LogP contribution in [0.25, 0.3) is 0 Å². The van der Waals surface area contributed by atoms with Gasteiger partial charge < -0.3 is 9.73 Å². The quantitative estimate of drug-likeness (QED) is 0.639. The van der Waals surface area contributed by atoms with Crippen molar-refractivity contribution in [3.05, 3.63) is 45.7 Å². The molecule has 1 N–H and O–H groups in total. The third-order valence-corrected chi connectivity index (χ3v) is 4.14. The number of hydrogen-bond acceptors (Lipinski definition) is 4. The topological polar surface area (TPSA) is 59.3 Å². The molecule has 0 unspecified atom stereocenters. The van der Waals surface area contributed by atoms with Gasteiger partial charge in [0.2, 0.25) is 0 Å². The predicted molar refractivity (Wildman–Crippen MR) is 78.3 cm³/mol. The van der Waals surface area contributed by atoms with Crippen molar-refractivity contribution >= 4 is 38.1 Å². The molecule has 2 aromatic rings. The van der Waals surface area contributed by atoms with Crippen molar-refractivity contribution in [3.8, 4) is 0 Å². The minimum absolute atomic E-state index is 0.0745. The largest absolute Gasteiger partial charge is 0.454 e. The van der Waals surface area contributed by atoms with E-state index in [4.69, 9.17) is 4.42 Å². The van der Waals surface area contributed by atoms with Crippen LogP contribution >= 0.6 is 22.6 Å². The van der Waals surface area contributed by atoms with Crippen LogP contribution in [-0.2, 0) is 16.4 Å². The number of nitrogens with one attached hydrogen (secondary N) is 1. The molecule has 0 radical (unpaired) electrons. The fourth-order valence-electron chi connectivity index (χ4n) is 1.50. The summed E-state index contributed by atoms with van der Waals surface area (Å²) in [5, 5.41) is 2.82. The average molecular weight is 395 g/mol. The van der Waals surface area contributed by atoms with Crippen molar-refractivity contribution in [2.45, 2.75) is 11.4 Å². The molecule has 0 amide bonds. The minimum Gasteiger partial charge on any atom is -0.454 e. The Bertz CT molecular complexity index is 697. The van der Waals surface area contributed by atoms with Crippen LogP contribution in [-0.4, -0.2) is 14.7 Å². The first-order valence-corrected chi connectivity index (χ1v) is 8.31. The monoisotopic (exact) mass is 395 g/mol. The van der Waals surface area contributed by atoms with Crippen LogP contribution < -0.4 is 5.32 Å². The van der Waals surface area contributed by atoms with Gasteiger partial charge in [-0.3, -0.25) is 0 Å². The van der Waals surface area contributed by atoms with Gasteiger partial charge in [0.1, 0.15) is 11.6 Å². The summed E-state index contributed by atoms with van der Waals surface area (Å²) in [4.78, 5) is 0.0745. The highest BCUT2D eigenvalue weighted by Gasteiger charge is 2.11. The zero-order valence-corrected chi connectivity index (χ0v) is 13.0.